The zero-order valence-corrected chi connectivity index (χ0v) is 27.6. The summed E-state index contributed by atoms with van der Waals surface area (Å²) in [4.78, 5) is 31.1. The normalized spacial score (nSPS) is 21.4. The molecule has 0 bridgehead atoms. The molecule has 2 saturated carbocycles. The maximum atomic E-state index is 12.5. The van der Waals surface area contributed by atoms with Crippen molar-refractivity contribution in [3.8, 4) is 17.4 Å². The summed E-state index contributed by atoms with van der Waals surface area (Å²) in [5, 5.41) is 0. The van der Waals surface area contributed by atoms with E-state index >= 15 is 0 Å². The predicted octanol–water partition coefficient (Wildman–Crippen LogP) is 10.3. The highest BCUT2D eigenvalue weighted by Crippen LogP contribution is 2.34. The van der Waals surface area contributed by atoms with Gasteiger partial charge in [-0.25, -0.2) is 9.97 Å². The van der Waals surface area contributed by atoms with Crippen molar-refractivity contribution >= 4 is 11.9 Å². The van der Waals surface area contributed by atoms with Crippen LogP contribution in [0.5, 0.6) is 17.4 Å². The summed E-state index contributed by atoms with van der Waals surface area (Å²) in [5.41, 5.74) is -0.990. The number of carbonyl (C=O) groups is 2. The molecule has 48 heavy (non-hydrogen) atoms. The van der Waals surface area contributed by atoms with E-state index in [-0.39, 0.29) is 35.3 Å². The highest BCUT2D eigenvalue weighted by molar-refractivity contribution is 5.75. The molecule has 268 valence electrons. The standard InChI is InChI=1S/C19H26F3NO2.C16H20F3NO3/c1-2-3-4-5-6-14-7-9-15(10-8-14)18(24)25-16-11-12-17(23-13-16)19(20,21)22;1-2-3-11-4-6-12(7-5-11)15(21)22-13-8-9-14(20-10-13)23-16(17,18)19/h11-15H,2-10H2,1H3;8-12H,2-7H2,1H3/t14-,15-;11-,12-. The van der Waals surface area contributed by atoms with E-state index < -0.39 is 24.1 Å². The maximum Gasteiger partial charge on any atom is 0.574 e. The van der Waals surface area contributed by atoms with E-state index in [1.165, 1.54) is 44.6 Å². The topological polar surface area (TPSA) is 87.6 Å². The fourth-order valence-corrected chi connectivity index (χ4v) is 6.26. The first-order chi connectivity index (χ1) is 22.8. The summed E-state index contributed by atoms with van der Waals surface area (Å²) >= 11 is 0. The number of hydrogen-bond acceptors (Lipinski definition) is 7. The van der Waals surface area contributed by atoms with Crippen LogP contribution in [-0.2, 0) is 15.8 Å². The van der Waals surface area contributed by atoms with Gasteiger partial charge in [-0.2, -0.15) is 13.2 Å². The quantitative estimate of drug-likeness (QED) is 0.125. The third kappa shape index (κ3) is 14.0. The van der Waals surface area contributed by atoms with Crippen molar-refractivity contribution in [1.29, 1.82) is 0 Å². The van der Waals surface area contributed by atoms with Crippen LogP contribution in [0.4, 0.5) is 26.3 Å². The Labute approximate surface area is 278 Å². The molecule has 2 aromatic rings. The van der Waals surface area contributed by atoms with Gasteiger partial charge in [0, 0.05) is 6.07 Å². The highest BCUT2D eigenvalue weighted by atomic mass is 19.4. The Morgan fingerprint density at radius 3 is 1.60 bits per heavy atom. The number of alkyl halides is 6. The molecule has 7 nitrogen and oxygen atoms in total. The van der Waals surface area contributed by atoms with Crippen LogP contribution < -0.4 is 14.2 Å². The molecule has 0 spiro atoms. The number of aromatic nitrogens is 2. The lowest BCUT2D eigenvalue weighted by atomic mass is 9.80. The van der Waals surface area contributed by atoms with Gasteiger partial charge >= 0.3 is 24.5 Å². The van der Waals surface area contributed by atoms with Gasteiger partial charge in [0.15, 0.2) is 0 Å². The van der Waals surface area contributed by atoms with Crippen molar-refractivity contribution in [3.05, 3.63) is 42.4 Å². The molecule has 0 aromatic carbocycles. The number of ether oxygens (including phenoxy) is 3. The first-order valence-electron chi connectivity index (χ1n) is 17.0. The SMILES string of the molecule is CCCCCC[C@H]1CC[C@H](C(=O)Oc2ccc(C(F)(F)F)nc2)CC1.CCC[C@H]1CC[C@H](C(=O)Oc2ccc(OC(F)(F)F)nc2)CC1. The zero-order valence-electron chi connectivity index (χ0n) is 27.6. The number of hydrogen-bond donors (Lipinski definition) is 0. The second kappa shape index (κ2) is 19.0. The van der Waals surface area contributed by atoms with Gasteiger partial charge in [0.25, 0.3) is 0 Å². The van der Waals surface area contributed by atoms with Crippen LogP contribution in [0.25, 0.3) is 0 Å². The van der Waals surface area contributed by atoms with Crippen LogP contribution in [0.2, 0.25) is 0 Å². The van der Waals surface area contributed by atoms with E-state index in [0.29, 0.717) is 11.8 Å². The predicted molar refractivity (Wildman–Crippen MR) is 166 cm³/mol. The van der Waals surface area contributed by atoms with Crippen LogP contribution in [0.15, 0.2) is 36.7 Å². The minimum Gasteiger partial charge on any atom is -0.425 e. The lowest BCUT2D eigenvalue weighted by Crippen LogP contribution is -2.25. The third-order valence-electron chi connectivity index (χ3n) is 8.92. The Kier molecular flexibility index (Phi) is 15.4. The Morgan fingerprint density at radius 1 is 0.667 bits per heavy atom. The molecule has 0 N–H and O–H groups in total. The first kappa shape index (κ1) is 39.1. The molecule has 2 heterocycles. The van der Waals surface area contributed by atoms with Gasteiger partial charge in [-0.3, -0.25) is 9.59 Å². The van der Waals surface area contributed by atoms with E-state index in [2.05, 4.69) is 28.6 Å². The third-order valence-corrected chi connectivity index (χ3v) is 8.92. The fraction of sp³-hybridized carbons (Fsp3) is 0.657. The van der Waals surface area contributed by atoms with E-state index in [0.717, 1.165) is 88.4 Å². The molecule has 2 aliphatic carbocycles. The first-order valence-corrected chi connectivity index (χ1v) is 17.0. The van der Waals surface area contributed by atoms with E-state index in [4.69, 9.17) is 9.47 Å². The van der Waals surface area contributed by atoms with Crippen LogP contribution in [-0.4, -0.2) is 28.3 Å². The van der Waals surface area contributed by atoms with Gasteiger partial charge < -0.3 is 14.2 Å². The number of carbonyl (C=O) groups excluding carboxylic acids is 2. The van der Waals surface area contributed by atoms with E-state index in [9.17, 15) is 35.9 Å². The minimum absolute atomic E-state index is 0.0692. The summed E-state index contributed by atoms with van der Waals surface area (Å²) in [6, 6.07) is 4.24. The molecule has 0 radical (unpaired) electrons. The maximum absolute atomic E-state index is 12.5. The summed E-state index contributed by atoms with van der Waals surface area (Å²) in [5.74, 6) is -0.0175. The molecular weight excluding hydrogens is 642 g/mol. The molecule has 0 saturated heterocycles. The van der Waals surface area contributed by atoms with Crippen molar-refractivity contribution in [2.75, 3.05) is 0 Å². The second-order valence-electron chi connectivity index (χ2n) is 12.7. The lowest BCUT2D eigenvalue weighted by molar-refractivity contribution is -0.276. The Morgan fingerprint density at radius 2 is 1.19 bits per heavy atom. The molecule has 0 unspecified atom stereocenters. The molecule has 2 aliphatic rings. The van der Waals surface area contributed by atoms with Crippen LogP contribution in [0.3, 0.4) is 0 Å². The van der Waals surface area contributed by atoms with Crippen molar-refractivity contribution in [2.45, 2.75) is 123 Å². The molecule has 0 amide bonds. The number of esters is 2. The zero-order chi connectivity index (χ0) is 35.2. The van der Waals surface area contributed by atoms with Gasteiger partial charge in [0.2, 0.25) is 5.88 Å². The van der Waals surface area contributed by atoms with E-state index in [1.54, 1.807) is 0 Å². The van der Waals surface area contributed by atoms with Crippen LogP contribution >= 0.6 is 0 Å². The minimum atomic E-state index is -4.79. The fourth-order valence-electron chi connectivity index (χ4n) is 6.26. The van der Waals surface area contributed by atoms with Crippen LogP contribution in [0.1, 0.15) is 116 Å². The molecule has 4 rings (SSSR count). The van der Waals surface area contributed by atoms with Gasteiger partial charge in [-0.05, 0) is 81.4 Å². The Bertz CT molecular complexity index is 1240. The Balaban J connectivity index is 0.000000261. The van der Waals surface area contributed by atoms with Crippen molar-refractivity contribution in [1.82, 2.24) is 9.97 Å². The summed E-state index contributed by atoms with van der Waals surface area (Å²) in [6.45, 7) is 4.35. The number of nitrogens with zero attached hydrogens (tertiary/aromatic N) is 2. The number of rotatable bonds is 12. The monoisotopic (exact) mass is 688 g/mol. The molecule has 2 aromatic heterocycles. The summed E-state index contributed by atoms with van der Waals surface area (Å²) in [7, 11) is 0. The molecule has 0 aliphatic heterocycles. The number of unbranched alkanes of at least 4 members (excludes halogenated alkanes) is 3. The molecule has 13 heteroatoms. The van der Waals surface area contributed by atoms with Crippen molar-refractivity contribution in [3.63, 3.8) is 0 Å². The van der Waals surface area contributed by atoms with Gasteiger partial charge in [-0.1, -0.05) is 58.8 Å². The number of pyridine rings is 2. The van der Waals surface area contributed by atoms with Gasteiger partial charge in [-0.15, -0.1) is 13.2 Å². The highest BCUT2D eigenvalue weighted by Gasteiger charge is 2.33. The van der Waals surface area contributed by atoms with Crippen molar-refractivity contribution in [2.24, 2.45) is 23.7 Å². The van der Waals surface area contributed by atoms with Crippen molar-refractivity contribution < 1.29 is 50.1 Å². The summed E-state index contributed by atoms with van der Waals surface area (Å²) < 4.78 is 87.6. The molecular formula is C35H46F6N2O5. The molecule has 0 atom stereocenters. The van der Waals surface area contributed by atoms with Gasteiger partial charge in [0.05, 0.1) is 24.2 Å². The van der Waals surface area contributed by atoms with Crippen LogP contribution in [0, 0.1) is 23.7 Å². The average Bonchev–Trinajstić information content (AvgIpc) is 3.04. The number of halogens is 6. The Hall–Kier alpha value is -3.38. The smallest absolute Gasteiger partial charge is 0.425 e. The molecule has 2 fully saturated rings. The summed E-state index contributed by atoms with van der Waals surface area (Å²) in [6.07, 6.45) is 8.62. The largest absolute Gasteiger partial charge is 0.574 e. The average molecular weight is 689 g/mol. The lowest BCUT2D eigenvalue weighted by Gasteiger charge is -2.27. The second-order valence-corrected chi connectivity index (χ2v) is 12.7. The van der Waals surface area contributed by atoms with Gasteiger partial charge in [0.1, 0.15) is 17.2 Å². The van der Waals surface area contributed by atoms with E-state index in [1.807, 2.05) is 0 Å².